The average Bonchev–Trinajstić information content (AvgIpc) is 3.34. The predicted molar refractivity (Wildman–Crippen MR) is 115 cm³/mol. The van der Waals surface area contributed by atoms with E-state index in [-0.39, 0.29) is 24.6 Å². The van der Waals surface area contributed by atoms with Crippen LogP contribution in [-0.4, -0.2) is 40.1 Å². The summed E-state index contributed by atoms with van der Waals surface area (Å²) in [6.45, 7) is 0.881. The Morgan fingerprint density at radius 1 is 1.23 bits per heavy atom. The van der Waals surface area contributed by atoms with E-state index in [1.807, 2.05) is 4.90 Å². The van der Waals surface area contributed by atoms with Gasteiger partial charge in [-0.05, 0) is 50.4 Å². The highest BCUT2D eigenvalue weighted by Gasteiger charge is 2.24. The maximum atomic E-state index is 14.4. The molecule has 1 amide bonds. The number of aromatic nitrogens is 3. The third-order valence-corrected chi connectivity index (χ3v) is 6.86. The number of nitrogens with one attached hydrogen (secondary N) is 1. The van der Waals surface area contributed by atoms with Crippen LogP contribution in [0, 0.1) is 11.8 Å². The van der Waals surface area contributed by atoms with E-state index < -0.39 is 23.8 Å². The lowest BCUT2D eigenvalue weighted by atomic mass is 10.3. The van der Waals surface area contributed by atoms with Crippen molar-refractivity contribution in [1.29, 1.82) is 0 Å². The van der Waals surface area contributed by atoms with E-state index in [0.717, 1.165) is 17.5 Å². The number of halogens is 5. The normalized spacial score (nSPS) is 16.2. The maximum Gasteiger partial charge on any atom is 0.270 e. The largest absolute Gasteiger partial charge is 0.354 e. The standard InChI is InChI=1S/C18H12Br2F3N5OS/c19-12-10(22)6-25-15(20)13(12)26-17(29)14-16(23)27-18(30-14)8-1-2-11(24-5-8)28-4-3-9(21)7-28/h1-2,5-6,9H,3-4,7H2,(H,26,29)/t9-/m1/s1. The molecule has 1 N–H and O–H groups in total. The van der Waals surface area contributed by atoms with Gasteiger partial charge in [0, 0.05) is 18.3 Å². The van der Waals surface area contributed by atoms with Gasteiger partial charge >= 0.3 is 0 Å². The zero-order valence-electron chi connectivity index (χ0n) is 15.0. The molecule has 4 heterocycles. The summed E-state index contributed by atoms with van der Waals surface area (Å²) < 4.78 is 41.6. The number of carbonyl (C=O) groups is 1. The molecule has 3 aromatic heterocycles. The predicted octanol–water partition coefficient (Wildman–Crippen LogP) is 5.20. The molecule has 0 unspecified atom stereocenters. The summed E-state index contributed by atoms with van der Waals surface area (Å²) >= 11 is 6.98. The van der Waals surface area contributed by atoms with Crippen LogP contribution in [0.5, 0.6) is 0 Å². The van der Waals surface area contributed by atoms with Gasteiger partial charge in [0.15, 0.2) is 5.82 Å². The highest BCUT2D eigenvalue weighted by molar-refractivity contribution is 9.11. The van der Waals surface area contributed by atoms with Crippen molar-refractivity contribution >= 4 is 60.6 Å². The zero-order valence-corrected chi connectivity index (χ0v) is 19.0. The van der Waals surface area contributed by atoms with E-state index in [1.54, 1.807) is 12.1 Å². The molecule has 1 aliphatic rings. The van der Waals surface area contributed by atoms with E-state index in [9.17, 15) is 18.0 Å². The van der Waals surface area contributed by atoms with Crippen LogP contribution in [0.1, 0.15) is 16.1 Å². The van der Waals surface area contributed by atoms with Crippen LogP contribution in [0.4, 0.5) is 24.7 Å². The number of anilines is 2. The third kappa shape index (κ3) is 4.21. The molecule has 0 bridgehead atoms. The van der Waals surface area contributed by atoms with Crippen LogP contribution in [0.15, 0.2) is 33.6 Å². The van der Waals surface area contributed by atoms with Gasteiger partial charge in [0.05, 0.1) is 22.9 Å². The minimum atomic E-state index is -0.951. The van der Waals surface area contributed by atoms with Crippen molar-refractivity contribution in [1.82, 2.24) is 15.0 Å². The number of hydrogen-bond acceptors (Lipinski definition) is 6. The lowest BCUT2D eigenvalue weighted by Gasteiger charge is -2.15. The minimum absolute atomic E-state index is 0.0138. The lowest BCUT2D eigenvalue weighted by Crippen LogP contribution is -2.20. The van der Waals surface area contributed by atoms with Gasteiger partial charge < -0.3 is 10.2 Å². The molecule has 1 atom stereocenters. The van der Waals surface area contributed by atoms with Crippen LogP contribution >= 0.6 is 43.2 Å². The van der Waals surface area contributed by atoms with Gasteiger partial charge in [-0.25, -0.2) is 23.7 Å². The topological polar surface area (TPSA) is 71.0 Å². The molecule has 0 aromatic carbocycles. The van der Waals surface area contributed by atoms with Crippen molar-refractivity contribution in [2.24, 2.45) is 0 Å². The number of alkyl halides is 1. The molecule has 30 heavy (non-hydrogen) atoms. The quantitative estimate of drug-likeness (QED) is 0.442. The summed E-state index contributed by atoms with van der Waals surface area (Å²) in [4.78, 5) is 26.0. The second kappa shape index (κ2) is 8.60. The summed E-state index contributed by atoms with van der Waals surface area (Å²) in [6, 6.07) is 3.40. The molecule has 1 aliphatic heterocycles. The van der Waals surface area contributed by atoms with Gasteiger partial charge in [0.2, 0.25) is 5.95 Å². The first kappa shape index (κ1) is 21.2. The van der Waals surface area contributed by atoms with Crippen molar-refractivity contribution in [2.45, 2.75) is 12.6 Å². The van der Waals surface area contributed by atoms with Gasteiger partial charge in [-0.1, -0.05) is 0 Å². The second-order valence-corrected chi connectivity index (χ2v) is 8.96. The number of nitrogens with zero attached hydrogens (tertiary/aromatic N) is 4. The van der Waals surface area contributed by atoms with Crippen LogP contribution in [0.25, 0.3) is 10.6 Å². The summed E-state index contributed by atoms with van der Waals surface area (Å²) in [6.07, 6.45) is 2.08. The van der Waals surface area contributed by atoms with Crippen molar-refractivity contribution in [2.75, 3.05) is 23.3 Å². The van der Waals surface area contributed by atoms with E-state index in [4.69, 9.17) is 0 Å². The first-order valence-corrected chi connectivity index (χ1v) is 11.1. The third-order valence-electron chi connectivity index (χ3n) is 4.41. The Balaban J connectivity index is 1.55. The first-order chi connectivity index (χ1) is 14.3. The molecular weight excluding hydrogens is 551 g/mol. The molecule has 6 nitrogen and oxygen atoms in total. The zero-order chi connectivity index (χ0) is 21.4. The number of rotatable bonds is 4. The molecule has 1 fully saturated rings. The second-order valence-electron chi connectivity index (χ2n) is 6.42. The molecule has 4 rings (SSSR count). The molecule has 0 radical (unpaired) electrons. The molecule has 3 aromatic rings. The van der Waals surface area contributed by atoms with E-state index in [0.29, 0.717) is 30.9 Å². The van der Waals surface area contributed by atoms with Crippen molar-refractivity contribution < 1.29 is 18.0 Å². The number of hydrogen-bond donors (Lipinski definition) is 1. The monoisotopic (exact) mass is 561 g/mol. The fourth-order valence-corrected chi connectivity index (χ4v) is 4.80. The highest BCUT2D eigenvalue weighted by Crippen LogP contribution is 2.33. The molecule has 1 saturated heterocycles. The average molecular weight is 563 g/mol. The molecule has 156 valence electrons. The van der Waals surface area contributed by atoms with Crippen LogP contribution in [0.3, 0.4) is 0 Å². The van der Waals surface area contributed by atoms with Crippen molar-refractivity contribution in [3.05, 3.63) is 50.2 Å². The Morgan fingerprint density at radius 3 is 2.70 bits per heavy atom. The number of pyridine rings is 2. The van der Waals surface area contributed by atoms with Gasteiger partial charge in [-0.15, -0.1) is 11.3 Å². The van der Waals surface area contributed by atoms with Gasteiger partial charge in [0.25, 0.3) is 5.91 Å². The van der Waals surface area contributed by atoms with Crippen molar-refractivity contribution in [3.63, 3.8) is 0 Å². The summed E-state index contributed by atoms with van der Waals surface area (Å²) in [5.41, 5.74) is 0.560. The Morgan fingerprint density at radius 2 is 2.03 bits per heavy atom. The fraction of sp³-hybridized carbons (Fsp3) is 0.222. The molecule has 12 heteroatoms. The van der Waals surface area contributed by atoms with Crippen molar-refractivity contribution in [3.8, 4) is 10.6 Å². The van der Waals surface area contributed by atoms with Gasteiger partial charge in [0.1, 0.15) is 26.5 Å². The van der Waals surface area contributed by atoms with E-state index >= 15 is 0 Å². The molecule has 0 saturated carbocycles. The van der Waals surface area contributed by atoms with Crippen LogP contribution in [-0.2, 0) is 0 Å². The summed E-state index contributed by atoms with van der Waals surface area (Å²) in [5, 5.41) is 2.69. The molecule has 0 spiro atoms. The lowest BCUT2D eigenvalue weighted by molar-refractivity contribution is 0.102. The Bertz CT molecular complexity index is 1110. The highest BCUT2D eigenvalue weighted by atomic mass is 79.9. The number of amides is 1. The first-order valence-electron chi connectivity index (χ1n) is 8.66. The maximum absolute atomic E-state index is 14.4. The fourth-order valence-electron chi connectivity index (χ4n) is 2.91. The Hall–Kier alpha value is -2.05. The number of carbonyl (C=O) groups excluding carboxylic acids is 1. The number of thiazole rings is 1. The van der Waals surface area contributed by atoms with E-state index in [2.05, 4.69) is 52.1 Å². The smallest absolute Gasteiger partial charge is 0.270 e. The summed E-state index contributed by atoms with van der Waals surface area (Å²) in [5.74, 6) is -1.79. The Kier molecular flexibility index (Phi) is 6.07. The Labute approximate surface area is 189 Å². The minimum Gasteiger partial charge on any atom is -0.354 e. The summed E-state index contributed by atoms with van der Waals surface area (Å²) in [7, 11) is 0. The van der Waals surface area contributed by atoms with Crippen LogP contribution < -0.4 is 10.2 Å². The van der Waals surface area contributed by atoms with Crippen LogP contribution in [0.2, 0.25) is 0 Å². The van der Waals surface area contributed by atoms with E-state index in [1.165, 1.54) is 6.20 Å². The molecular formula is C18H12Br2F3N5OS. The molecule has 0 aliphatic carbocycles. The van der Waals surface area contributed by atoms with Gasteiger partial charge in [-0.2, -0.15) is 4.39 Å². The SMILES string of the molecule is O=C(Nc1c(Br)ncc(F)c1Br)c1sc(-c2ccc(N3CC[C@@H](F)C3)nc2)nc1F. The van der Waals surface area contributed by atoms with Gasteiger partial charge in [-0.3, -0.25) is 4.79 Å².